The first-order valence-electron chi connectivity index (χ1n) is 9.03. The van der Waals surface area contributed by atoms with Crippen LogP contribution in [0, 0.1) is 5.82 Å². The van der Waals surface area contributed by atoms with Crippen molar-refractivity contribution in [2.75, 3.05) is 24.0 Å². The molecular formula is C19H18FN9OS. The molecule has 0 spiro atoms. The molecule has 4 aromatic rings. The van der Waals surface area contributed by atoms with Gasteiger partial charge in [-0.3, -0.25) is 0 Å². The van der Waals surface area contributed by atoms with Gasteiger partial charge in [-0.1, -0.05) is 23.9 Å². The van der Waals surface area contributed by atoms with E-state index in [0.717, 1.165) is 5.56 Å². The van der Waals surface area contributed by atoms with E-state index >= 15 is 0 Å². The number of aromatic nitrogens is 6. The Kier molecular flexibility index (Phi) is 5.80. The number of para-hydroxylation sites is 1. The van der Waals surface area contributed by atoms with Crippen LogP contribution in [0.4, 0.5) is 22.0 Å². The highest BCUT2D eigenvalue weighted by Crippen LogP contribution is 2.30. The Hall–Kier alpha value is -3.93. The van der Waals surface area contributed by atoms with Crippen molar-refractivity contribution in [3.63, 3.8) is 0 Å². The summed E-state index contributed by atoms with van der Waals surface area (Å²) >= 11 is 1.29. The van der Waals surface area contributed by atoms with E-state index in [1.807, 2.05) is 24.3 Å². The molecule has 12 heteroatoms. The van der Waals surface area contributed by atoms with Gasteiger partial charge >= 0.3 is 0 Å². The van der Waals surface area contributed by atoms with Gasteiger partial charge in [0.15, 0.2) is 5.82 Å². The van der Waals surface area contributed by atoms with Gasteiger partial charge in [0.05, 0.1) is 18.4 Å². The summed E-state index contributed by atoms with van der Waals surface area (Å²) in [5.41, 5.74) is 7.15. The Morgan fingerprint density at radius 2 is 1.84 bits per heavy atom. The number of hydrogen-bond donors (Lipinski definition) is 3. The second kappa shape index (κ2) is 8.83. The zero-order valence-electron chi connectivity index (χ0n) is 16.4. The van der Waals surface area contributed by atoms with Crippen molar-refractivity contribution in [3.8, 4) is 17.1 Å². The lowest BCUT2D eigenvalue weighted by atomic mass is 10.2. The van der Waals surface area contributed by atoms with Crippen molar-refractivity contribution in [1.82, 2.24) is 29.8 Å². The van der Waals surface area contributed by atoms with Gasteiger partial charge in [0.25, 0.3) is 0 Å². The highest BCUT2D eigenvalue weighted by molar-refractivity contribution is 7.98. The molecule has 5 N–H and O–H groups in total. The van der Waals surface area contributed by atoms with Crippen LogP contribution < -0.4 is 21.6 Å². The van der Waals surface area contributed by atoms with E-state index in [1.54, 1.807) is 19.2 Å². The molecule has 158 valence electrons. The summed E-state index contributed by atoms with van der Waals surface area (Å²) in [7, 11) is 1.58. The number of nitrogens with two attached hydrogens (primary N) is 2. The van der Waals surface area contributed by atoms with Gasteiger partial charge in [0.2, 0.25) is 17.1 Å². The predicted molar refractivity (Wildman–Crippen MR) is 116 cm³/mol. The van der Waals surface area contributed by atoms with Gasteiger partial charge in [0, 0.05) is 5.69 Å². The lowest BCUT2D eigenvalue weighted by Crippen LogP contribution is -2.12. The molecule has 4 rings (SSSR count). The number of halogens is 1. The van der Waals surface area contributed by atoms with E-state index in [4.69, 9.17) is 16.3 Å². The van der Waals surface area contributed by atoms with Crippen molar-refractivity contribution < 1.29 is 9.13 Å². The fourth-order valence-electron chi connectivity index (χ4n) is 2.74. The minimum absolute atomic E-state index is 0.0548. The van der Waals surface area contributed by atoms with Crippen LogP contribution in [0.25, 0.3) is 11.4 Å². The van der Waals surface area contributed by atoms with Crippen molar-refractivity contribution in [3.05, 3.63) is 60.2 Å². The van der Waals surface area contributed by atoms with Gasteiger partial charge < -0.3 is 21.6 Å². The van der Waals surface area contributed by atoms with Crippen LogP contribution in [0.1, 0.15) is 5.82 Å². The molecule has 2 heterocycles. The molecule has 0 unspecified atom stereocenters. The Labute approximate surface area is 180 Å². The summed E-state index contributed by atoms with van der Waals surface area (Å²) in [5, 5.41) is 11.8. The van der Waals surface area contributed by atoms with Crippen molar-refractivity contribution in [2.24, 2.45) is 0 Å². The molecule has 0 saturated carbocycles. The summed E-state index contributed by atoms with van der Waals surface area (Å²) < 4.78 is 19.8. The van der Waals surface area contributed by atoms with Crippen molar-refractivity contribution in [2.45, 2.75) is 10.9 Å². The summed E-state index contributed by atoms with van der Waals surface area (Å²) in [6, 6.07) is 13.2. The molecule has 2 aromatic heterocycles. The number of ether oxygens (including phenoxy) is 1. The smallest absolute Gasteiger partial charge is 0.232 e. The Bertz CT molecular complexity index is 1200. The molecule has 0 bridgehead atoms. The van der Waals surface area contributed by atoms with Gasteiger partial charge in [-0.25, -0.2) is 9.07 Å². The average molecular weight is 439 g/mol. The molecule has 10 nitrogen and oxygen atoms in total. The highest BCUT2D eigenvalue weighted by atomic mass is 32.2. The molecule has 0 amide bonds. The highest BCUT2D eigenvalue weighted by Gasteiger charge is 2.16. The van der Waals surface area contributed by atoms with Gasteiger partial charge in [-0.05, 0) is 36.4 Å². The third-order valence-corrected chi connectivity index (χ3v) is 5.08. The Morgan fingerprint density at radius 3 is 2.61 bits per heavy atom. The lowest BCUT2D eigenvalue weighted by Gasteiger charge is -2.08. The van der Waals surface area contributed by atoms with Crippen LogP contribution in [-0.2, 0) is 5.75 Å². The minimum atomic E-state index is -0.337. The maximum Gasteiger partial charge on any atom is 0.232 e. The lowest BCUT2D eigenvalue weighted by molar-refractivity contribution is 0.416. The standard InChI is InChI=1S/C19H18FN9OS/c1-30-14-5-3-2-4-13(14)16-27-28-19(29(16)22)31-10-15-24-17(21)26-18(25-15)23-12-8-6-11(20)7-9-12/h2-9H,10,22H2,1H3,(H3,21,23,24,25,26). The third kappa shape index (κ3) is 4.64. The third-order valence-electron chi connectivity index (χ3n) is 4.14. The molecule has 0 aliphatic carbocycles. The van der Waals surface area contributed by atoms with Crippen molar-refractivity contribution in [1.29, 1.82) is 0 Å². The number of nitrogens with zero attached hydrogens (tertiary/aromatic N) is 6. The second-order valence-corrected chi connectivity index (χ2v) is 7.17. The van der Waals surface area contributed by atoms with Gasteiger partial charge in [-0.2, -0.15) is 15.0 Å². The number of benzene rings is 2. The largest absolute Gasteiger partial charge is 0.496 e. The summed E-state index contributed by atoms with van der Waals surface area (Å²) in [5.74, 6) is 8.01. The monoisotopic (exact) mass is 439 g/mol. The summed E-state index contributed by atoms with van der Waals surface area (Å²) in [4.78, 5) is 12.5. The van der Waals surface area contributed by atoms with E-state index in [1.165, 1.54) is 28.6 Å². The number of nitrogen functional groups attached to an aromatic ring is 2. The van der Waals surface area contributed by atoms with Crippen LogP contribution >= 0.6 is 11.8 Å². The predicted octanol–water partition coefficient (Wildman–Crippen LogP) is 2.61. The maximum atomic E-state index is 13.1. The molecule has 0 atom stereocenters. The summed E-state index contributed by atoms with van der Waals surface area (Å²) in [6.07, 6.45) is 0. The number of rotatable bonds is 7. The SMILES string of the molecule is COc1ccccc1-c1nnc(SCc2nc(N)nc(Nc3ccc(F)cc3)n2)n1N. The number of anilines is 3. The normalized spacial score (nSPS) is 10.8. The zero-order chi connectivity index (χ0) is 21.8. The molecular weight excluding hydrogens is 421 g/mol. The van der Waals surface area contributed by atoms with Gasteiger partial charge in [-0.15, -0.1) is 10.2 Å². The first-order chi connectivity index (χ1) is 15.0. The molecule has 31 heavy (non-hydrogen) atoms. The maximum absolute atomic E-state index is 13.1. The molecule has 0 saturated heterocycles. The van der Waals surface area contributed by atoms with E-state index < -0.39 is 0 Å². The van der Waals surface area contributed by atoms with E-state index in [-0.39, 0.29) is 17.7 Å². The Morgan fingerprint density at radius 1 is 1.06 bits per heavy atom. The average Bonchev–Trinajstić information content (AvgIpc) is 3.13. The number of hydrogen-bond acceptors (Lipinski definition) is 10. The first kappa shape index (κ1) is 20.3. The van der Waals surface area contributed by atoms with Gasteiger partial charge in [0.1, 0.15) is 17.4 Å². The molecule has 0 radical (unpaired) electrons. The molecule has 0 aliphatic heterocycles. The second-order valence-electron chi connectivity index (χ2n) is 6.23. The van der Waals surface area contributed by atoms with Crippen LogP contribution in [0.15, 0.2) is 53.7 Å². The number of nitrogens with one attached hydrogen (secondary N) is 1. The van der Waals surface area contributed by atoms with Crippen LogP contribution in [0.2, 0.25) is 0 Å². The number of thioether (sulfide) groups is 1. The Balaban J connectivity index is 1.50. The van der Waals surface area contributed by atoms with Crippen LogP contribution in [-0.4, -0.2) is 36.9 Å². The van der Waals surface area contributed by atoms with E-state index in [9.17, 15) is 4.39 Å². The molecule has 2 aromatic carbocycles. The van der Waals surface area contributed by atoms with Crippen LogP contribution in [0.5, 0.6) is 5.75 Å². The first-order valence-corrected chi connectivity index (χ1v) is 10.0. The minimum Gasteiger partial charge on any atom is -0.496 e. The fourth-order valence-corrected chi connectivity index (χ4v) is 3.45. The fraction of sp³-hybridized carbons (Fsp3) is 0.105. The molecule has 0 aliphatic rings. The summed E-state index contributed by atoms with van der Waals surface area (Å²) in [6.45, 7) is 0. The van der Waals surface area contributed by atoms with E-state index in [2.05, 4.69) is 30.5 Å². The topological polar surface area (TPSA) is 143 Å². The van der Waals surface area contributed by atoms with E-state index in [0.29, 0.717) is 34.0 Å². The zero-order valence-corrected chi connectivity index (χ0v) is 17.2. The quantitative estimate of drug-likeness (QED) is 0.290. The molecule has 0 fully saturated rings. The van der Waals surface area contributed by atoms with Crippen molar-refractivity contribution >= 4 is 29.3 Å². The van der Waals surface area contributed by atoms with Crippen LogP contribution in [0.3, 0.4) is 0 Å². The number of methoxy groups -OCH3 is 1.